The number of aromatic hydroxyl groups is 3. The van der Waals surface area contributed by atoms with Gasteiger partial charge in [0.1, 0.15) is 17.2 Å². The third-order valence-corrected chi connectivity index (χ3v) is 4.07. The molecule has 0 atom stereocenters. The summed E-state index contributed by atoms with van der Waals surface area (Å²) in [5.74, 6) is 1.05. The van der Waals surface area contributed by atoms with Crippen molar-refractivity contribution in [2.24, 2.45) is 0 Å². The topological polar surface area (TPSA) is 138 Å². The minimum absolute atomic E-state index is 0.349. The first kappa shape index (κ1) is 31.4. The molecule has 0 saturated carbocycles. The van der Waals surface area contributed by atoms with Crippen LogP contribution in [0, 0.1) is 0 Å². The predicted molar refractivity (Wildman–Crippen MR) is 140 cm³/mol. The molecule has 0 heterocycles. The molecule has 0 saturated heterocycles. The van der Waals surface area contributed by atoms with Crippen molar-refractivity contribution in [2.45, 2.75) is 19.3 Å². The molecule has 0 aliphatic carbocycles. The lowest BCUT2D eigenvalue weighted by Crippen LogP contribution is -1.79. The Morgan fingerprint density at radius 1 is 0.543 bits per heavy atom. The van der Waals surface area contributed by atoms with Gasteiger partial charge >= 0.3 is 7.82 Å². The minimum Gasteiger partial charge on any atom is -0.508 e. The number of phenols is 3. The Morgan fingerprint density at radius 2 is 0.743 bits per heavy atom. The maximum atomic E-state index is 9.19. The van der Waals surface area contributed by atoms with Gasteiger partial charge in [-0.2, -0.15) is 0 Å². The normalized spacial score (nSPS) is 9.57. The van der Waals surface area contributed by atoms with Crippen LogP contribution in [0.4, 0.5) is 0 Å². The quantitative estimate of drug-likeness (QED) is 0.196. The van der Waals surface area contributed by atoms with E-state index in [9.17, 15) is 15.3 Å². The fourth-order valence-corrected chi connectivity index (χ4v) is 2.52. The fourth-order valence-electron chi connectivity index (χ4n) is 2.52. The van der Waals surface area contributed by atoms with Crippen LogP contribution < -0.4 is 0 Å². The van der Waals surface area contributed by atoms with Crippen LogP contribution in [0.15, 0.2) is 111 Å². The van der Waals surface area contributed by atoms with E-state index in [0.29, 0.717) is 17.2 Å². The van der Waals surface area contributed by atoms with Crippen LogP contribution in [0.3, 0.4) is 0 Å². The summed E-state index contributed by atoms with van der Waals surface area (Å²) in [6.45, 7) is 10.8. The highest BCUT2D eigenvalue weighted by Crippen LogP contribution is 2.25. The Morgan fingerprint density at radius 3 is 0.914 bits per heavy atom. The third kappa shape index (κ3) is 16.6. The second-order valence-electron chi connectivity index (χ2n) is 6.88. The lowest BCUT2D eigenvalue weighted by molar-refractivity contribution is 0.275. The van der Waals surface area contributed by atoms with E-state index in [4.69, 9.17) is 19.2 Å². The Bertz CT molecular complexity index is 959. The van der Waals surface area contributed by atoms with E-state index >= 15 is 0 Å². The van der Waals surface area contributed by atoms with E-state index in [1.165, 1.54) is 0 Å². The number of phenolic OH excluding ortho intramolecular Hbond substituents is 3. The Kier molecular flexibility index (Phi) is 16.0. The summed E-state index contributed by atoms with van der Waals surface area (Å²) in [7, 11) is -4.64. The van der Waals surface area contributed by atoms with Crippen LogP contribution in [-0.2, 0) is 23.8 Å². The SMILES string of the molecule is C=CCc1ccccc1O.C=CCc1ccccc1O.C=CCc1ccccc1O.O=P(O)(O)O. The molecule has 0 aliphatic rings. The van der Waals surface area contributed by atoms with Gasteiger partial charge in [-0.05, 0) is 54.2 Å². The maximum absolute atomic E-state index is 9.19. The first-order valence-electron chi connectivity index (χ1n) is 10.4. The van der Waals surface area contributed by atoms with Crippen LogP contribution in [0.5, 0.6) is 17.2 Å². The zero-order valence-corrected chi connectivity index (χ0v) is 20.3. The molecule has 0 amide bonds. The number of rotatable bonds is 6. The molecule has 0 spiro atoms. The van der Waals surface area contributed by atoms with E-state index in [0.717, 1.165) is 36.0 Å². The van der Waals surface area contributed by atoms with E-state index in [1.54, 1.807) is 36.4 Å². The summed E-state index contributed by atoms with van der Waals surface area (Å²) >= 11 is 0. The van der Waals surface area contributed by atoms with E-state index in [1.807, 2.05) is 54.6 Å². The molecule has 0 fully saturated rings. The van der Waals surface area contributed by atoms with Gasteiger partial charge in [0.2, 0.25) is 0 Å². The molecule has 3 aromatic rings. The molecule has 3 rings (SSSR count). The highest BCUT2D eigenvalue weighted by molar-refractivity contribution is 7.45. The summed E-state index contributed by atoms with van der Waals surface area (Å²) in [5.41, 5.74) is 2.78. The average Bonchev–Trinajstić information content (AvgIpc) is 2.79. The van der Waals surface area contributed by atoms with Crippen LogP contribution >= 0.6 is 7.82 Å². The molecule has 0 aromatic heterocycles. The number of para-hydroxylation sites is 3. The van der Waals surface area contributed by atoms with Crippen molar-refractivity contribution in [3.05, 3.63) is 127 Å². The lowest BCUT2D eigenvalue weighted by atomic mass is 10.1. The number of benzene rings is 3. The van der Waals surface area contributed by atoms with Gasteiger partial charge in [0.05, 0.1) is 0 Å². The molecule has 188 valence electrons. The van der Waals surface area contributed by atoms with Crippen molar-refractivity contribution in [2.75, 3.05) is 0 Å². The van der Waals surface area contributed by atoms with Crippen LogP contribution in [-0.4, -0.2) is 30.0 Å². The van der Waals surface area contributed by atoms with E-state index in [-0.39, 0.29) is 0 Å². The average molecular weight is 501 g/mol. The Hall–Kier alpha value is -3.61. The van der Waals surface area contributed by atoms with E-state index < -0.39 is 7.82 Å². The third-order valence-electron chi connectivity index (χ3n) is 4.07. The number of hydrogen-bond donors (Lipinski definition) is 6. The molecule has 6 N–H and O–H groups in total. The molecule has 3 aromatic carbocycles. The second-order valence-corrected chi connectivity index (χ2v) is 7.90. The van der Waals surface area contributed by atoms with Crippen molar-refractivity contribution >= 4 is 7.82 Å². The van der Waals surface area contributed by atoms with Gasteiger partial charge in [-0.3, -0.25) is 0 Å². The highest BCUT2D eigenvalue weighted by Gasteiger charge is 2.00. The molecule has 8 heteroatoms. The van der Waals surface area contributed by atoms with Crippen molar-refractivity contribution < 1.29 is 34.6 Å². The Labute approximate surface area is 206 Å². The van der Waals surface area contributed by atoms with E-state index in [2.05, 4.69) is 19.7 Å². The first-order valence-corrected chi connectivity index (χ1v) is 12.0. The molecular weight excluding hydrogens is 467 g/mol. The zero-order chi connectivity index (χ0) is 26.7. The highest BCUT2D eigenvalue weighted by atomic mass is 31.2. The standard InChI is InChI=1S/3C9H10O.H3O4P/c3*1-2-5-8-6-3-4-7-9(8)10;1-5(2,3)4/h3*2-4,6-7,10H,1,5H2;(H3,1,2,3,4). The van der Waals surface area contributed by atoms with Crippen molar-refractivity contribution in [1.29, 1.82) is 0 Å². The monoisotopic (exact) mass is 500 g/mol. The van der Waals surface area contributed by atoms with Gasteiger partial charge in [0.15, 0.2) is 0 Å². The van der Waals surface area contributed by atoms with Crippen molar-refractivity contribution in [1.82, 2.24) is 0 Å². The molecule has 0 unspecified atom stereocenters. The predicted octanol–water partition coefficient (Wildman–Crippen LogP) is 5.43. The van der Waals surface area contributed by atoms with Gasteiger partial charge < -0.3 is 30.0 Å². The Balaban J connectivity index is 0.000000453. The number of allylic oxidation sites excluding steroid dienone is 3. The first-order chi connectivity index (χ1) is 16.5. The van der Waals surface area contributed by atoms with Crippen molar-refractivity contribution in [3.8, 4) is 17.2 Å². The smallest absolute Gasteiger partial charge is 0.466 e. The van der Waals surface area contributed by atoms with Crippen LogP contribution in [0.1, 0.15) is 16.7 Å². The largest absolute Gasteiger partial charge is 0.508 e. The van der Waals surface area contributed by atoms with Crippen LogP contribution in [0.2, 0.25) is 0 Å². The molecule has 35 heavy (non-hydrogen) atoms. The summed E-state index contributed by atoms with van der Waals surface area (Å²) in [6, 6.07) is 21.8. The lowest BCUT2D eigenvalue weighted by Gasteiger charge is -1.97. The van der Waals surface area contributed by atoms with Gasteiger partial charge in [0, 0.05) is 0 Å². The van der Waals surface area contributed by atoms with Gasteiger partial charge in [-0.15, -0.1) is 19.7 Å². The van der Waals surface area contributed by atoms with Crippen LogP contribution in [0.25, 0.3) is 0 Å². The summed E-state index contributed by atoms with van der Waals surface area (Å²) < 4.78 is 8.88. The van der Waals surface area contributed by atoms with Gasteiger partial charge in [-0.25, -0.2) is 4.57 Å². The zero-order valence-electron chi connectivity index (χ0n) is 19.4. The van der Waals surface area contributed by atoms with Gasteiger partial charge in [-0.1, -0.05) is 72.8 Å². The number of hydrogen-bond acceptors (Lipinski definition) is 4. The molecule has 0 bridgehead atoms. The summed E-state index contributed by atoms with van der Waals surface area (Å²) in [4.78, 5) is 21.6. The number of phosphoric acid groups is 1. The second kappa shape index (κ2) is 17.8. The van der Waals surface area contributed by atoms with Gasteiger partial charge in [0.25, 0.3) is 0 Å². The molecular formula is C27H33O7P. The summed E-state index contributed by atoms with van der Waals surface area (Å²) in [5, 5.41) is 27.6. The fraction of sp³-hybridized carbons (Fsp3) is 0.111. The summed E-state index contributed by atoms with van der Waals surface area (Å²) in [6.07, 6.45) is 7.51. The molecule has 0 radical (unpaired) electrons. The molecule has 7 nitrogen and oxygen atoms in total. The minimum atomic E-state index is -4.64. The maximum Gasteiger partial charge on any atom is 0.466 e. The van der Waals surface area contributed by atoms with Crippen molar-refractivity contribution in [3.63, 3.8) is 0 Å². The molecule has 0 aliphatic heterocycles.